The van der Waals surface area contributed by atoms with Gasteiger partial charge in [0.2, 0.25) is 5.95 Å². The summed E-state index contributed by atoms with van der Waals surface area (Å²) < 4.78 is 50.8. The van der Waals surface area contributed by atoms with E-state index in [1.807, 2.05) is 0 Å². The number of H-pyrrole nitrogens is 1. The van der Waals surface area contributed by atoms with Gasteiger partial charge in [0.15, 0.2) is 17.7 Å². The second-order valence-electron chi connectivity index (χ2n) is 6.72. The predicted octanol–water partition coefficient (Wildman–Crippen LogP) is -3.00. The summed E-state index contributed by atoms with van der Waals surface area (Å²) in [6.45, 7) is -1.01. The number of aromatic nitrogens is 2. The number of phosphoric acid groups is 3. The molecule has 3 aliphatic rings. The molecule has 0 spiro atoms. The number of ether oxygens (including phenoxy) is 1. The second kappa shape index (κ2) is 8.04. The Kier molecular flexibility index (Phi) is 6.01. The van der Waals surface area contributed by atoms with E-state index in [4.69, 9.17) is 30.0 Å². The lowest BCUT2D eigenvalue weighted by atomic mass is 10.1. The molecule has 2 saturated heterocycles. The normalized spacial score (nSPS) is 32.2. The molecule has 0 amide bonds. The number of nitrogens with two attached hydrogens (primary N) is 1. The Morgan fingerprint density at radius 2 is 1.76 bits per heavy atom. The Morgan fingerprint density at radius 3 is 2.39 bits per heavy atom. The average Bonchev–Trinajstić information content (AvgIpc) is 3.24. The summed E-state index contributed by atoms with van der Waals surface area (Å²) in [4.78, 5) is 60.3. The van der Waals surface area contributed by atoms with E-state index in [1.54, 1.807) is 0 Å². The molecule has 1 aromatic rings. The quantitative estimate of drug-likeness (QED) is 0.120. The van der Waals surface area contributed by atoms with Crippen molar-refractivity contribution in [2.75, 3.05) is 22.3 Å². The third-order valence-electron chi connectivity index (χ3n) is 4.39. The van der Waals surface area contributed by atoms with Crippen molar-refractivity contribution < 1.29 is 66.2 Å². The number of aliphatic hydroxyl groups is 2. The van der Waals surface area contributed by atoms with Crippen LogP contribution in [0.25, 0.3) is 0 Å². The van der Waals surface area contributed by atoms with Crippen LogP contribution in [0.15, 0.2) is 4.79 Å². The first-order valence-electron chi connectivity index (χ1n) is 8.53. The Balaban J connectivity index is 1.44. The molecule has 33 heavy (non-hydrogen) atoms. The van der Waals surface area contributed by atoms with Crippen LogP contribution in [0, 0.1) is 0 Å². The van der Waals surface area contributed by atoms with Crippen LogP contribution in [0.4, 0.5) is 17.5 Å². The number of nitrogens with zero attached hydrogens (tertiary/aromatic N) is 3. The zero-order valence-corrected chi connectivity index (χ0v) is 18.4. The maximum atomic E-state index is 12.1. The highest BCUT2D eigenvalue weighted by molar-refractivity contribution is 7.66. The van der Waals surface area contributed by atoms with Crippen molar-refractivity contribution in [3.8, 4) is 0 Å². The van der Waals surface area contributed by atoms with E-state index in [0.717, 1.165) is 5.06 Å². The highest BCUT2D eigenvalue weighted by Crippen LogP contribution is 2.66. The van der Waals surface area contributed by atoms with E-state index in [2.05, 4.69) is 23.1 Å². The molecular weight excluding hydrogens is 523 g/mol. The molecule has 7 atom stereocenters. The second-order valence-corrected chi connectivity index (χ2v) is 11.1. The summed E-state index contributed by atoms with van der Waals surface area (Å²) in [5, 5.41) is 21.7. The van der Waals surface area contributed by atoms with Gasteiger partial charge in [-0.3, -0.25) is 19.2 Å². The van der Waals surface area contributed by atoms with Crippen molar-refractivity contribution in [1.82, 2.24) is 9.97 Å². The van der Waals surface area contributed by atoms with E-state index in [9.17, 15) is 33.6 Å². The van der Waals surface area contributed by atoms with Crippen LogP contribution in [0.2, 0.25) is 0 Å². The van der Waals surface area contributed by atoms with Gasteiger partial charge in [0.05, 0.1) is 6.61 Å². The molecule has 0 saturated carbocycles. The Bertz CT molecular complexity index is 1160. The number of aromatic amines is 1. The van der Waals surface area contributed by atoms with Crippen molar-refractivity contribution >= 4 is 40.9 Å². The fraction of sp³-hybridized carbons (Fsp3) is 0.600. The number of anilines is 3. The molecule has 20 nitrogen and oxygen atoms in total. The van der Waals surface area contributed by atoms with Crippen LogP contribution in [-0.4, -0.2) is 77.3 Å². The van der Waals surface area contributed by atoms with Crippen LogP contribution >= 0.6 is 23.5 Å². The summed E-state index contributed by atoms with van der Waals surface area (Å²) in [6, 6.07) is 0. The van der Waals surface area contributed by atoms with Crippen LogP contribution in [0.3, 0.4) is 0 Å². The van der Waals surface area contributed by atoms with E-state index in [-0.39, 0.29) is 17.5 Å². The molecule has 3 aliphatic heterocycles. The van der Waals surface area contributed by atoms with Crippen LogP contribution in [0.1, 0.15) is 0 Å². The smallest absolute Gasteiger partial charge is 0.387 e. The van der Waals surface area contributed by atoms with Crippen molar-refractivity contribution in [1.29, 1.82) is 0 Å². The number of hydrogen-bond acceptors (Lipinski definition) is 15. The molecule has 4 rings (SSSR count). The minimum Gasteiger partial charge on any atom is -0.387 e. The predicted molar refractivity (Wildman–Crippen MR) is 99.6 cm³/mol. The van der Waals surface area contributed by atoms with Gasteiger partial charge in [0, 0.05) is 0 Å². The highest BCUT2D eigenvalue weighted by Gasteiger charge is 2.60. The number of rotatable bonds is 8. The highest BCUT2D eigenvalue weighted by atomic mass is 31.3. The van der Waals surface area contributed by atoms with Crippen molar-refractivity contribution in [3.05, 3.63) is 10.4 Å². The molecule has 4 heterocycles. The Morgan fingerprint density at radius 1 is 1.09 bits per heavy atom. The maximum Gasteiger partial charge on any atom is 0.490 e. The number of hydroxylamine groups is 1. The molecule has 0 bridgehead atoms. The summed E-state index contributed by atoms with van der Waals surface area (Å²) in [5.74, 6) is -0.305. The largest absolute Gasteiger partial charge is 0.490 e. The van der Waals surface area contributed by atoms with E-state index in [0.29, 0.717) is 0 Å². The topological polar surface area (TPSA) is 300 Å². The molecule has 3 unspecified atom stereocenters. The van der Waals surface area contributed by atoms with Crippen molar-refractivity contribution in [2.24, 2.45) is 0 Å². The van der Waals surface area contributed by atoms with Crippen LogP contribution in [0.5, 0.6) is 0 Å². The molecule has 2 fully saturated rings. The molecule has 0 radical (unpaired) electrons. The molecule has 1 aromatic heterocycles. The fourth-order valence-corrected chi connectivity index (χ4v) is 6.20. The number of phosphoric ester groups is 1. The van der Waals surface area contributed by atoms with Gasteiger partial charge in [0.1, 0.15) is 18.3 Å². The summed E-state index contributed by atoms with van der Waals surface area (Å²) >= 11 is 0. The monoisotopic (exact) mass is 539 g/mol. The number of fused-ring (bicyclic) bond motifs is 3. The summed E-state index contributed by atoms with van der Waals surface area (Å²) in [7, 11) is -16.8. The van der Waals surface area contributed by atoms with E-state index < -0.39 is 66.5 Å². The number of nitrogens with one attached hydrogen (secondary N) is 1. The van der Waals surface area contributed by atoms with Gasteiger partial charge in [-0.25, -0.2) is 18.5 Å². The zero-order chi connectivity index (χ0) is 24.5. The van der Waals surface area contributed by atoms with Gasteiger partial charge < -0.3 is 40.3 Å². The van der Waals surface area contributed by atoms with E-state index in [1.165, 1.54) is 4.90 Å². The Labute approximate surface area is 181 Å². The first-order chi connectivity index (χ1) is 15.1. The number of nitrogen functional groups attached to an aromatic ring is 1. The SMILES string of the molecule is Nc1nc2c(c(=O)[nH]1)N1OC1N2[C@@H]1O[C@H](COP(=O)(O)OP(=O)(O)OP(=O)(O)O)[C@@H](O)[C@H]1O. The first kappa shape index (κ1) is 24.6. The van der Waals surface area contributed by atoms with Gasteiger partial charge in [-0.05, 0) is 0 Å². The minimum absolute atomic E-state index is 0.0442. The lowest BCUT2D eigenvalue weighted by Crippen LogP contribution is -2.45. The first-order valence-corrected chi connectivity index (χ1v) is 13.0. The molecular formula is C10H16N5O15P3. The van der Waals surface area contributed by atoms with Gasteiger partial charge >= 0.3 is 23.5 Å². The molecule has 0 aromatic carbocycles. The zero-order valence-electron chi connectivity index (χ0n) is 15.7. The standard InChI is InChI=1S/C10H16N5O15P3/c11-9-12-6-3(7(18)13-9)15-10(28-15)14(6)8-5(17)4(16)2(27-8)1-26-32(22,23)30-33(24,25)29-31(19,20)21/h2,4-5,8,10,16-17H,1H2,(H,22,23)(H,24,25)(H2,19,20,21)(H3,11,12,13,18)/t2-,4-,5-,8-,10?,15?/m1/s1. The lowest BCUT2D eigenvalue weighted by Gasteiger charge is -2.26. The third kappa shape index (κ3) is 5.00. The average molecular weight is 539 g/mol. The summed E-state index contributed by atoms with van der Waals surface area (Å²) in [6.07, 6.45) is -7.33. The molecule has 186 valence electrons. The summed E-state index contributed by atoms with van der Waals surface area (Å²) in [5.41, 5.74) is 4.83. The minimum atomic E-state index is -5.74. The van der Waals surface area contributed by atoms with Gasteiger partial charge in [-0.2, -0.15) is 18.7 Å². The van der Waals surface area contributed by atoms with E-state index >= 15 is 0 Å². The van der Waals surface area contributed by atoms with Crippen molar-refractivity contribution in [3.63, 3.8) is 0 Å². The third-order valence-corrected chi connectivity index (χ3v) is 8.19. The van der Waals surface area contributed by atoms with Crippen LogP contribution < -0.4 is 21.3 Å². The molecule has 23 heteroatoms. The Hall–Kier alpha value is -1.47. The molecule has 9 N–H and O–H groups in total. The van der Waals surface area contributed by atoms with Crippen molar-refractivity contribution in [2.45, 2.75) is 30.9 Å². The van der Waals surface area contributed by atoms with Crippen LogP contribution in [-0.2, 0) is 36.4 Å². The maximum absolute atomic E-state index is 12.1. The lowest BCUT2D eigenvalue weighted by molar-refractivity contribution is -0.0243. The van der Waals surface area contributed by atoms with Gasteiger partial charge in [0.25, 0.3) is 11.9 Å². The van der Waals surface area contributed by atoms with Gasteiger partial charge in [-0.1, -0.05) is 0 Å². The van der Waals surface area contributed by atoms with Gasteiger partial charge in [-0.15, -0.1) is 0 Å². The number of aliphatic hydroxyl groups excluding tert-OH is 2. The fourth-order valence-electron chi connectivity index (χ4n) is 3.17. The number of hydrogen-bond donors (Lipinski definition) is 8. The molecule has 0 aliphatic carbocycles.